The Balaban J connectivity index is 1.39. The molecule has 220 valence electrons. The van der Waals surface area contributed by atoms with Gasteiger partial charge in [-0.1, -0.05) is 90.0 Å². The van der Waals surface area contributed by atoms with E-state index in [0.717, 1.165) is 12.8 Å². The molecule has 4 heteroatoms. The maximum Gasteiger partial charge on any atom is 0.338 e. The van der Waals surface area contributed by atoms with E-state index in [2.05, 4.69) is 80.6 Å². The standard InChI is InChI=1S/C36H54O3Si/c1-24(39-40(9,10)33(2,3)4)27-17-18-28-26-16-19-30-34(5,6)31(38-32(37)25-14-12-11-13-15-25)21-23-36(30,8)29(26)20-22-35(27,28)7/h11-16,19,24,27-29,31H,17-18,20-23H2,1-10H3/t24-,27+,28-,29-,31-,35+,36+/m0/s1. The molecule has 0 amide bonds. The van der Waals surface area contributed by atoms with E-state index in [1.807, 2.05) is 30.3 Å². The van der Waals surface area contributed by atoms with Gasteiger partial charge in [-0.2, -0.15) is 0 Å². The van der Waals surface area contributed by atoms with E-state index in [4.69, 9.17) is 9.16 Å². The monoisotopic (exact) mass is 562 g/mol. The fraction of sp³-hybridized carbons (Fsp3) is 0.694. The molecular formula is C36H54O3Si. The molecule has 3 fully saturated rings. The van der Waals surface area contributed by atoms with Gasteiger partial charge in [0.25, 0.3) is 0 Å². The first kappa shape index (κ1) is 29.8. The molecule has 0 heterocycles. The van der Waals surface area contributed by atoms with Gasteiger partial charge >= 0.3 is 5.97 Å². The van der Waals surface area contributed by atoms with E-state index < -0.39 is 8.32 Å². The molecule has 0 unspecified atom stereocenters. The van der Waals surface area contributed by atoms with Crippen LogP contribution in [0.2, 0.25) is 18.1 Å². The molecule has 0 spiro atoms. The van der Waals surface area contributed by atoms with E-state index in [0.29, 0.717) is 34.8 Å². The van der Waals surface area contributed by atoms with E-state index in [1.54, 1.807) is 5.57 Å². The van der Waals surface area contributed by atoms with Crippen LogP contribution in [0.15, 0.2) is 53.6 Å². The second-order valence-corrected chi connectivity index (χ2v) is 20.9. The van der Waals surface area contributed by atoms with Crippen molar-refractivity contribution in [3.05, 3.63) is 59.2 Å². The van der Waals surface area contributed by atoms with Gasteiger partial charge < -0.3 is 9.16 Å². The van der Waals surface area contributed by atoms with E-state index in [1.165, 1.54) is 31.3 Å². The summed E-state index contributed by atoms with van der Waals surface area (Å²) in [6, 6.07) is 9.44. The molecule has 0 bridgehead atoms. The van der Waals surface area contributed by atoms with Crippen LogP contribution in [0, 0.1) is 34.0 Å². The third kappa shape index (κ3) is 4.70. The summed E-state index contributed by atoms with van der Waals surface area (Å²) < 4.78 is 13.2. The van der Waals surface area contributed by atoms with Crippen LogP contribution in [0.4, 0.5) is 0 Å². The van der Waals surface area contributed by atoms with Crippen LogP contribution >= 0.6 is 0 Å². The number of hydrogen-bond acceptors (Lipinski definition) is 3. The molecule has 0 aromatic heterocycles. The summed E-state index contributed by atoms with van der Waals surface area (Å²) >= 11 is 0. The average molecular weight is 563 g/mol. The molecule has 7 atom stereocenters. The van der Waals surface area contributed by atoms with Gasteiger partial charge in [-0.05, 0) is 104 Å². The highest BCUT2D eigenvalue weighted by Crippen LogP contribution is 2.67. The Morgan fingerprint density at radius 2 is 1.60 bits per heavy atom. The number of benzene rings is 1. The van der Waals surface area contributed by atoms with Crippen LogP contribution in [0.3, 0.4) is 0 Å². The Morgan fingerprint density at radius 3 is 2.25 bits per heavy atom. The number of carbonyl (C=O) groups excluding carboxylic acids is 1. The molecule has 3 saturated carbocycles. The van der Waals surface area contributed by atoms with Gasteiger partial charge in [0.15, 0.2) is 8.32 Å². The van der Waals surface area contributed by atoms with Gasteiger partial charge in [0, 0.05) is 11.5 Å². The van der Waals surface area contributed by atoms with Crippen LogP contribution in [-0.4, -0.2) is 26.5 Å². The normalized spacial score (nSPS) is 36.0. The molecule has 0 saturated heterocycles. The summed E-state index contributed by atoms with van der Waals surface area (Å²) in [7, 11) is -1.81. The molecule has 0 radical (unpaired) electrons. The van der Waals surface area contributed by atoms with Crippen molar-refractivity contribution in [2.75, 3.05) is 0 Å². The lowest BCUT2D eigenvalue weighted by molar-refractivity contribution is -0.0412. The molecule has 1 aromatic carbocycles. The van der Waals surface area contributed by atoms with Gasteiger partial charge in [-0.25, -0.2) is 4.79 Å². The summed E-state index contributed by atoms with van der Waals surface area (Å²) in [6.07, 6.45) is 12.3. The predicted molar refractivity (Wildman–Crippen MR) is 168 cm³/mol. The molecule has 3 nitrogen and oxygen atoms in total. The number of fused-ring (bicyclic) bond motifs is 5. The maximum atomic E-state index is 13.0. The Hall–Kier alpha value is -1.65. The molecule has 4 aliphatic carbocycles. The predicted octanol–water partition coefficient (Wildman–Crippen LogP) is 9.76. The maximum absolute atomic E-state index is 13.0. The van der Waals surface area contributed by atoms with Gasteiger partial charge in [0.05, 0.1) is 5.56 Å². The fourth-order valence-corrected chi connectivity index (χ4v) is 10.7. The largest absolute Gasteiger partial charge is 0.458 e. The Morgan fingerprint density at radius 1 is 0.925 bits per heavy atom. The lowest BCUT2D eigenvalue weighted by atomic mass is 9.47. The van der Waals surface area contributed by atoms with Crippen molar-refractivity contribution < 1.29 is 14.0 Å². The second kappa shape index (κ2) is 9.97. The number of esters is 1. The Labute approximate surface area is 245 Å². The minimum Gasteiger partial charge on any atom is -0.458 e. The Kier molecular flexibility index (Phi) is 7.43. The van der Waals surface area contributed by atoms with Crippen LogP contribution in [-0.2, 0) is 9.16 Å². The van der Waals surface area contributed by atoms with Crippen molar-refractivity contribution in [1.29, 1.82) is 0 Å². The summed E-state index contributed by atoms with van der Waals surface area (Å²) in [4.78, 5) is 13.0. The lowest BCUT2D eigenvalue weighted by Crippen LogP contribution is -2.53. The summed E-state index contributed by atoms with van der Waals surface area (Å²) in [5.74, 6) is 1.66. The smallest absolute Gasteiger partial charge is 0.338 e. The molecule has 0 aliphatic heterocycles. The highest BCUT2D eigenvalue weighted by Gasteiger charge is 2.60. The van der Waals surface area contributed by atoms with Crippen molar-refractivity contribution in [2.45, 2.75) is 124 Å². The van der Waals surface area contributed by atoms with Crippen LogP contribution in [0.25, 0.3) is 0 Å². The SMILES string of the molecule is C[C@H](O[Si](C)(C)C(C)(C)C)[C@H]1CC[C@H]2C3=CC=C4C(C)(C)[C@@H](OC(=O)c5ccccc5)CC[C@]4(C)[C@H]3CC[C@]12C. The van der Waals surface area contributed by atoms with E-state index in [9.17, 15) is 4.79 Å². The fourth-order valence-electron chi connectivity index (χ4n) is 9.21. The van der Waals surface area contributed by atoms with Crippen molar-refractivity contribution >= 4 is 14.3 Å². The molecule has 4 aliphatic rings. The third-order valence-corrected chi connectivity index (χ3v) is 17.1. The molecule has 1 aromatic rings. The first-order valence-electron chi connectivity index (χ1n) is 15.9. The summed E-state index contributed by atoms with van der Waals surface area (Å²) in [6.45, 7) is 24.0. The lowest BCUT2D eigenvalue weighted by Gasteiger charge is -2.59. The number of ether oxygens (including phenoxy) is 1. The van der Waals surface area contributed by atoms with Gasteiger partial charge in [-0.3, -0.25) is 0 Å². The van der Waals surface area contributed by atoms with E-state index >= 15 is 0 Å². The molecule has 40 heavy (non-hydrogen) atoms. The topological polar surface area (TPSA) is 35.5 Å². The molecular weight excluding hydrogens is 508 g/mol. The minimum atomic E-state index is -1.81. The van der Waals surface area contributed by atoms with Crippen molar-refractivity contribution in [2.24, 2.45) is 34.0 Å². The van der Waals surface area contributed by atoms with Crippen molar-refractivity contribution in [3.8, 4) is 0 Å². The zero-order chi connectivity index (χ0) is 29.3. The molecule has 5 rings (SSSR count). The van der Waals surface area contributed by atoms with Gasteiger partial charge in [-0.15, -0.1) is 0 Å². The molecule has 0 N–H and O–H groups in total. The number of rotatable bonds is 5. The first-order chi connectivity index (χ1) is 18.5. The highest BCUT2D eigenvalue weighted by atomic mass is 28.4. The van der Waals surface area contributed by atoms with Crippen molar-refractivity contribution in [3.63, 3.8) is 0 Å². The first-order valence-corrected chi connectivity index (χ1v) is 18.8. The average Bonchev–Trinajstić information content (AvgIpc) is 3.23. The zero-order valence-corrected chi connectivity index (χ0v) is 27.9. The van der Waals surface area contributed by atoms with Crippen LogP contribution < -0.4 is 0 Å². The van der Waals surface area contributed by atoms with Crippen molar-refractivity contribution in [1.82, 2.24) is 0 Å². The number of allylic oxidation sites excluding steroid dienone is 3. The number of carbonyl (C=O) groups is 1. The van der Waals surface area contributed by atoms with Crippen LogP contribution in [0.5, 0.6) is 0 Å². The quantitative estimate of drug-likeness (QED) is 0.265. The highest BCUT2D eigenvalue weighted by molar-refractivity contribution is 6.74. The van der Waals surface area contributed by atoms with E-state index in [-0.39, 0.29) is 27.9 Å². The van der Waals surface area contributed by atoms with Gasteiger partial charge in [0.2, 0.25) is 0 Å². The summed E-state index contributed by atoms with van der Waals surface area (Å²) in [5.41, 5.74) is 4.08. The van der Waals surface area contributed by atoms with Crippen LogP contribution in [0.1, 0.15) is 104 Å². The Bertz CT molecular complexity index is 1190. The second-order valence-electron chi connectivity index (χ2n) is 16.1. The zero-order valence-electron chi connectivity index (χ0n) is 26.9. The summed E-state index contributed by atoms with van der Waals surface area (Å²) in [5, 5.41) is 0.237. The van der Waals surface area contributed by atoms with Gasteiger partial charge in [0.1, 0.15) is 6.10 Å². The third-order valence-electron chi connectivity index (χ3n) is 12.5. The number of hydrogen-bond donors (Lipinski definition) is 0. The minimum absolute atomic E-state index is 0.104.